The van der Waals surface area contributed by atoms with Gasteiger partial charge in [0.1, 0.15) is 0 Å². The highest BCUT2D eigenvalue weighted by Gasteiger charge is 2.14. The highest BCUT2D eigenvalue weighted by molar-refractivity contribution is 7.10. The molecular weight excluding hydrogens is 294 g/mol. The topological polar surface area (TPSA) is 12.0 Å². The minimum atomic E-state index is 0.343. The van der Waals surface area contributed by atoms with Crippen molar-refractivity contribution >= 4 is 28.4 Å². The molecule has 1 N–H and O–H groups in total. The second kappa shape index (κ2) is 6.92. The number of aryl methyl sites for hydroxylation is 1. The van der Waals surface area contributed by atoms with E-state index in [1.54, 1.807) is 0 Å². The lowest BCUT2D eigenvalue weighted by Gasteiger charge is -2.19. The van der Waals surface area contributed by atoms with Crippen LogP contribution in [0.4, 0.5) is 5.69 Å². The molecule has 1 aromatic carbocycles. The monoisotopic (exact) mass is 313 g/mol. The van der Waals surface area contributed by atoms with Gasteiger partial charge in [-0.3, -0.25) is 0 Å². The molecule has 0 spiro atoms. The molecular formula is C18H19NS2. The van der Waals surface area contributed by atoms with Crippen molar-refractivity contribution in [2.24, 2.45) is 0 Å². The molecule has 3 heteroatoms. The summed E-state index contributed by atoms with van der Waals surface area (Å²) in [6, 6.07) is 17.8. The minimum absolute atomic E-state index is 0.343. The van der Waals surface area contributed by atoms with E-state index in [2.05, 4.69) is 71.5 Å². The zero-order valence-corrected chi connectivity index (χ0v) is 13.7. The number of benzene rings is 1. The van der Waals surface area contributed by atoms with Gasteiger partial charge in [0.25, 0.3) is 0 Å². The number of nitrogens with one attached hydrogen (secondary N) is 1. The summed E-state index contributed by atoms with van der Waals surface area (Å²) >= 11 is 3.66. The van der Waals surface area contributed by atoms with Crippen molar-refractivity contribution in [3.05, 3.63) is 74.6 Å². The van der Waals surface area contributed by atoms with E-state index in [0.717, 1.165) is 12.8 Å². The quantitative estimate of drug-likeness (QED) is 0.609. The van der Waals surface area contributed by atoms with Crippen molar-refractivity contribution in [1.29, 1.82) is 0 Å². The Labute approximate surface area is 134 Å². The third-order valence-corrected chi connectivity index (χ3v) is 5.43. The fourth-order valence-corrected chi connectivity index (χ4v) is 3.95. The van der Waals surface area contributed by atoms with E-state index in [1.165, 1.54) is 21.0 Å². The van der Waals surface area contributed by atoms with Gasteiger partial charge < -0.3 is 5.32 Å². The van der Waals surface area contributed by atoms with Crippen LogP contribution in [0.3, 0.4) is 0 Å². The SMILES string of the molecule is CCc1cccc(NC(Cc2cccs2)c2cccs2)c1. The molecule has 3 rings (SSSR count). The summed E-state index contributed by atoms with van der Waals surface area (Å²) in [7, 11) is 0. The van der Waals surface area contributed by atoms with Crippen LogP contribution in [0.25, 0.3) is 0 Å². The number of hydrogen-bond donors (Lipinski definition) is 1. The molecule has 2 aromatic heterocycles. The van der Waals surface area contributed by atoms with E-state index in [4.69, 9.17) is 0 Å². The molecule has 21 heavy (non-hydrogen) atoms. The van der Waals surface area contributed by atoms with Crippen LogP contribution in [0.15, 0.2) is 59.3 Å². The molecule has 3 aromatic rings. The largest absolute Gasteiger partial charge is 0.377 e. The number of hydrogen-bond acceptors (Lipinski definition) is 3. The van der Waals surface area contributed by atoms with Gasteiger partial charge in [-0.15, -0.1) is 22.7 Å². The van der Waals surface area contributed by atoms with Gasteiger partial charge in [-0.25, -0.2) is 0 Å². The van der Waals surface area contributed by atoms with Crippen molar-refractivity contribution in [3.63, 3.8) is 0 Å². The number of thiophene rings is 2. The second-order valence-electron chi connectivity index (χ2n) is 5.05. The first kappa shape index (κ1) is 14.4. The van der Waals surface area contributed by atoms with Crippen molar-refractivity contribution < 1.29 is 0 Å². The van der Waals surface area contributed by atoms with E-state index in [9.17, 15) is 0 Å². The van der Waals surface area contributed by atoms with E-state index in [-0.39, 0.29) is 0 Å². The summed E-state index contributed by atoms with van der Waals surface area (Å²) in [6.07, 6.45) is 2.11. The molecule has 1 nitrogen and oxygen atoms in total. The van der Waals surface area contributed by atoms with Crippen LogP contribution in [0, 0.1) is 0 Å². The van der Waals surface area contributed by atoms with Gasteiger partial charge in [0, 0.05) is 21.9 Å². The Morgan fingerprint density at radius 2 is 1.86 bits per heavy atom. The predicted octanol–water partition coefficient (Wildman–Crippen LogP) is 5.77. The Balaban J connectivity index is 1.81. The first-order valence-corrected chi connectivity index (χ1v) is 9.02. The Bertz CT molecular complexity index is 656. The van der Waals surface area contributed by atoms with Crippen LogP contribution >= 0.6 is 22.7 Å². The third kappa shape index (κ3) is 3.74. The molecule has 108 valence electrons. The van der Waals surface area contributed by atoms with Gasteiger partial charge in [-0.05, 0) is 47.0 Å². The van der Waals surface area contributed by atoms with Gasteiger partial charge in [0.2, 0.25) is 0 Å². The first-order chi connectivity index (χ1) is 10.3. The summed E-state index contributed by atoms with van der Waals surface area (Å²) in [6.45, 7) is 2.20. The van der Waals surface area contributed by atoms with Crippen molar-refractivity contribution in [2.45, 2.75) is 25.8 Å². The minimum Gasteiger partial charge on any atom is -0.377 e. The van der Waals surface area contributed by atoms with Gasteiger partial charge in [0.05, 0.1) is 6.04 Å². The average molecular weight is 313 g/mol. The summed E-state index contributed by atoms with van der Waals surface area (Å²) in [4.78, 5) is 2.82. The predicted molar refractivity (Wildman–Crippen MR) is 94.5 cm³/mol. The Hall–Kier alpha value is -1.58. The molecule has 0 aliphatic rings. The molecule has 0 amide bonds. The smallest absolute Gasteiger partial charge is 0.0654 e. The standard InChI is InChI=1S/C18H19NS2/c1-2-14-6-3-7-15(12-14)19-17(18-9-5-11-21-18)13-16-8-4-10-20-16/h3-12,17,19H,2,13H2,1H3. The molecule has 0 saturated heterocycles. The van der Waals surface area contributed by atoms with E-state index in [1.807, 2.05) is 22.7 Å². The Morgan fingerprint density at radius 3 is 2.57 bits per heavy atom. The van der Waals surface area contributed by atoms with Gasteiger partial charge >= 0.3 is 0 Å². The molecule has 1 atom stereocenters. The molecule has 1 unspecified atom stereocenters. The molecule has 0 radical (unpaired) electrons. The van der Waals surface area contributed by atoms with E-state index in [0.29, 0.717) is 6.04 Å². The lowest BCUT2D eigenvalue weighted by molar-refractivity contribution is 0.802. The maximum Gasteiger partial charge on any atom is 0.0654 e. The molecule has 0 bridgehead atoms. The van der Waals surface area contributed by atoms with Crippen LogP contribution in [0.1, 0.15) is 28.3 Å². The molecule has 0 fully saturated rings. The summed E-state index contributed by atoms with van der Waals surface area (Å²) in [5.41, 5.74) is 2.59. The van der Waals surface area contributed by atoms with Crippen molar-refractivity contribution in [3.8, 4) is 0 Å². The highest BCUT2D eigenvalue weighted by atomic mass is 32.1. The fraction of sp³-hybridized carbons (Fsp3) is 0.222. The van der Waals surface area contributed by atoms with Crippen molar-refractivity contribution in [1.82, 2.24) is 0 Å². The van der Waals surface area contributed by atoms with Gasteiger partial charge in [-0.1, -0.05) is 31.2 Å². The van der Waals surface area contributed by atoms with E-state index < -0.39 is 0 Å². The van der Waals surface area contributed by atoms with Crippen LogP contribution in [0.2, 0.25) is 0 Å². The lowest BCUT2D eigenvalue weighted by atomic mass is 10.1. The zero-order valence-electron chi connectivity index (χ0n) is 12.1. The zero-order chi connectivity index (χ0) is 14.5. The third-order valence-electron chi connectivity index (χ3n) is 3.55. The summed E-state index contributed by atoms with van der Waals surface area (Å²) < 4.78 is 0. The number of anilines is 1. The molecule has 0 saturated carbocycles. The Kier molecular flexibility index (Phi) is 4.73. The molecule has 0 aliphatic carbocycles. The van der Waals surface area contributed by atoms with Crippen molar-refractivity contribution in [2.75, 3.05) is 5.32 Å². The van der Waals surface area contributed by atoms with Gasteiger partial charge in [0.15, 0.2) is 0 Å². The normalized spacial score (nSPS) is 12.2. The van der Waals surface area contributed by atoms with E-state index >= 15 is 0 Å². The lowest BCUT2D eigenvalue weighted by Crippen LogP contribution is -2.12. The number of rotatable bonds is 6. The highest BCUT2D eigenvalue weighted by Crippen LogP contribution is 2.28. The van der Waals surface area contributed by atoms with Crippen LogP contribution < -0.4 is 5.32 Å². The molecule has 0 aliphatic heterocycles. The summed E-state index contributed by atoms with van der Waals surface area (Å²) in [5, 5.41) is 8.02. The average Bonchev–Trinajstić information content (AvgIpc) is 3.20. The second-order valence-corrected chi connectivity index (χ2v) is 7.06. The summed E-state index contributed by atoms with van der Waals surface area (Å²) in [5.74, 6) is 0. The first-order valence-electron chi connectivity index (χ1n) is 7.26. The van der Waals surface area contributed by atoms with Crippen LogP contribution in [-0.4, -0.2) is 0 Å². The molecule has 2 heterocycles. The van der Waals surface area contributed by atoms with Gasteiger partial charge in [-0.2, -0.15) is 0 Å². The van der Waals surface area contributed by atoms with Crippen LogP contribution in [0.5, 0.6) is 0 Å². The Morgan fingerprint density at radius 1 is 1.00 bits per heavy atom. The maximum atomic E-state index is 3.71. The maximum absolute atomic E-state index is 3.71. The fourth-order valence-electron chi connectivity index (χ4n) is 2.42. The van der Waals surface area contributed by atoms with Crippen LogP contribution in [-0.2, 0) is 12.8 Å².